The van der Waals surface area contributed by atoms with E-state index >= 15 is 0 Å². The minimum Gasteiger partial charge on any atom is -0.463 e. The maximum atomic E-state index is 11.1. The molecule has 1 aromatic carbocycles. The van der Waals surface area contributed by atoms with Crippen LogP contribution in [0.4, 0.5) is 0 Å². The van der Waals surface area contributed by atoms with Crippen LogP contribution in [0.5, 0.6) is 0 Å². The van der Waals surface area contributed by atoms with Crippen LogP contribution in [-0.4, -0.2) is 23.6 Å². The van der Waals surface area contributed by atoms with E-state index in [-0.39, 0.29) is 11.8 Å². The fourth-order valence-electron chi connectivity index (χ4n) is 1.18. The van der Waals surface area contributed by atoms with Crippen molar-refractivity contribution >= 4 is 17.9 Å². The highest BCUT2D eigenvalue weighted by atomic mass is 16.5. The lowest BCUT2D eigenvalue weighted by Crippen LogP contribution is -2.12. The Morgan fingerprint density at radius 2 is 2.12 bits per heavy atom. The van der Waals surface area contributed by atoms with E-state index in [4.69, 9.17) is 15.7 Å². The average molecular weight is 234 g/mol. The number of carbonyl (C=O) groups excluding carboxylic acids is 1. The van der Waals surface area contributed by atoms with Gasteiger partial charge in [0.15, 0.2) is 5.84 Å². The fourth-order valence-corrected chi connectivity index (χ4v) is 1.18. The number of rotatable bonds is 4. The molecular weight excluding hydrogens is 220 g/mol. The summed E-state index contributed by atoms with van der Waals surface area (Å²) in [6, 6.07) is 6.89. The van der Waals surface area contributed by atoms with Gasteiger partial charge in [-0.05, 0) is 18.6 Å². The van der Waals surface area contributed by atoms with Crippen LogP contribution in [-0.2, 0) is 9.53 Å². The summed E-state index contributed by atoms with van der Waals surface area (Å²) in [5.41, 5.74) is 6.85. The van der Waals surface area contributed by atoms with Gasteiger partial charge in [-0.1, -0.05) is 29.4 Å². The van der Waals surface area contributed by atoms with Gasteiger partial charge in [-0.25, -0.2) is 4.79 Å². The lowest BCUT2D eigenvalue weighted by Gasteiger charge is -1.99. The Balaban J connectivity index is 2.72. The van der Waals surface area contributed by atoms with Crippen LogP contribution >= 0.6 is 0 Å². The largest absolute Gasteiger partial charge is 0.463 e. The predicted molar refractivity (Wildman–Crippen MR) is 64.6 cm³/mol. The van der Waals surface area contributed by atoms with Crippen molar-refractivity contribution in [3.63, 3.8) is 0 Å². The number of oxime groups is 1. The quantitative estimate of drug-likeness (QED) is 0.206. The lowest BCUT2D eigenvalue weighted by molar-refractivity contribution is -0.137. The van der Waals surface area contributed by atoms with Crippen LogP contribution in [0.3, 0.4) is 0 Å². The van der Waals surface area contributed by atoms with Gasteiger partial charge in [0.25, 0.3) is 0 Å². The van der Waals surface area contributed by atoms with Gasteiger partial charge in [-0.3, -0.25) is 0 Å². The van der Waals surface area contributed by atoms with E-state index in [0.29, 0.717) is 12.2 Å². The molecule has 90 valence electrons. The van der Waals surface area contributed by atoms with E-state index in [9.17, 15) is 4.79 Å². The van der Waals surface area contributed by atoms with Crippen LogP contribution in [0.2, 0.25) is 0 Å². The molecule has 5 nitrogen and oxygen atoms in total. The summed E-state index contributed by atoms with van der Waals surface area (Å²) in [7, 11) is 0. The predicted octanol–water partition coefficient (Wildman–Crippen LogP) is 1.36. The molecular formula is C12H14N2O3. The van der Waals surface area contributed by atoms with Gasteiger partial charge in [0.05, 0.1) is 6.61 Å². The number of ether oxygens (including phenoxy) is 1. The van der Waals surface area contributed by atoms with Crippen molar-refractivity contribution in [2.24, 2.45) is 10.9 Å². The highest BCUT2D eigenvalue weighted by Gasteiger charge is 1.98. The molecule has 1 aromatic rings. The maximum absolute atomic E-state index is 11.1. The Morgan fingerprint density at radius 3 is 2.65 bits per heavy atom. The van der Waals surface area contributed by atoms with Gasteiger partial charge >= 0.3 is 5.97 Å². The molecule has 0 saturated carbocycles. The van der Waals surface area contributed by atoms with Gasteiger partial charge in [-0.15, -0.1) is 0 Å². The van der Waals surface area contributed by atoms with Crippen LogP contribution < -0.4 is 5.73 Å². The maximum Gasteiger partial charge on any atom is 0.330 e. The Morgan fingerprint density at radius 1 is 1.47 bits per heavy atom. The zero-order valence-corrected chi connectivity index (χ0v) is 9.46. The summed E-state index contributed by atoms with van der Waals surface area (Å²) >= 11 is 0. The van der Waals surface area contributed by atoms with Gasteiger partial charge < -0.3 is 15.7 Å². The standard InChI is InChI=1S/C12H14N2O3/c1-2-17-11(15)8-5-9-3-6-10(7-4-9)12(13)14-16/h3-8,16H,2H2,1H3,(H2,13,14). The van der Waals surface area contributed by atoms with E-state index in [1.54, 1.807) is 37.3 Å². The molecule has 0 aliphatic carbocycles. The summed E-state index contributed by atoms with van der Waals surface area (Å²) in [5.74, 6) is -0.334. The molecule has 0 unspecified atom stereocenters. The molecule has 0 aromatic heterocycles. The molecule has 0 saturated heterocycles. The SMILES string of the molecule is CCOC(=O)C=Cc1ccc(C(N)=NO)cc1. The fraction of sp³-hybridized carbons (Fsp3) is 0.167. The third-order valence-electron chi connectivity index (χ3n) is 2.01. The molecule has 0 atom stereocenters. The topological polar surface area (TPSA) is 84.9 Å². The molecule has 5 heteroatoms. The highest BCUT2D eigenvalue weighted by molar-refractivity contribution is 5.97. The second-order valence-corrected chi connectivity index (χ2v) is 3.19. The second kappa shape index (κ2) is 6.32. The molecule has 1 rings (SSSR count). The molecule has 0 heterocycles. The molecule has 0 radical (unpaired) electrons. The van der Waals surface area contributed by atoms with Gasteiger partial charge in [-0.2, -0.15) is 0 Å². The first-order chi connectivity index (χ1) is 8.17. The molecule has 0 spiro atoms. The van der Waals surface area contributed by atoms with Crippen LogP contribution in [0, 0.1) is 0 Å². The normalized spacial score (nSPS) is 11.7. The number of carbonyl (C=O) groups is 1. The molecule has 3 N–H and O–H groups in total. The van der Waals surface area contributed by atoms with Gasteiger partial charge in [0.2, 0.25) is 0 Å². The molecule has 0 bridgehead atoms. The van der Waals surface area contributed by atoms with Gasteiger partial charge in [0, 0.05) is 11.6 Å². The van der Waals surface area contributed by atoms with E-state index in [0.717, 1.165) is 5.56 Å². The van der Waals surface area contributed by atoms with Crippen molar-refractivity contribution in [3.8, 4) is 0 Å². The number of hydrogen-bond acceptors (Lipinski definition) is 4. The minimum atomic E-state index is -0.381. The molecule has 0 amide bonds. The van der Waals surface area contributed by atoms with E-state index < -0.39 is 0 Å². The monoisotopic (exact) mass is 234 g/mol. The van der Waals surface area contributed by atoms with Crippen LogP contribution in [0.25, 0.3) is 6.08 Å². The third kappa shape index (κ3) is 3.98. The van der Waals surface area contributed by atoms with Crippen molar-refractivity contribution in [2.75, 3.05) is 6.61 Å². The summed E-state index contributed by atoms with van der Waals surface area (Å²) in [6.07, 6.45) is 2.98. The Bertz CT molecular complexity index is 436. The summed E-state index contributed by atoms with van der Waals surface area (Å²) in [5, 5.41) is 11.4. The van der Waals surface area contributed by atoms with Crippen molar-refractivity contribution in [1.82, 2.24) is 0 Å². The summed E-state index contributed by atoms with van der Waals surface area (Å²) in [6.45, 7) is 2.10. The van der Waals surface area contributed by atoms with Crippen molar-refractivity contribution in [1.29, 1.82) is 0 Å². The third-order valence-corrected chi connectivity index (χ3v) is 2.01. The molecule has 0 aliphatic rings. The summed E-state index contributed by atoms with van der Waals surface area (Å²) in [4.78, 5) is 11.1. The lowest BCUT2D eigenvalue weighted by atomic mass is 10.1. The molecule has 0 fully saturated rings. The zero-order chi connectivity index (χ0) is 12.7. The number of amidine groups is 1. The second-order valence-electron chi connectivity index (χ2n) is 3.19. The number of benzene rings is 1. The number of hydrogen-bond donors (Lipinski definition) is 2. The zero-order valence-electron chi connectivity index (χ0n) is 9.46. The first-order valence-electron chi connectivity index (χ1n) is 5.10. The van der Waals surface area contributed by atoms with Crippen molar-refractivity contribution < 1.29 is 14.7 Å². The van der Waals surface area contributed by atoms with E-state index in [1.165, 1.54) is 6.08 Å². The van der Waals surface area contributed by atoms with Crippen molar-refractivity contribution in [3.05, 3.63) is 41.5 Å². The Hall–Kier alpha value is -2.30. The van der Waals surface area contributed by atoms with Crippen molar-refractivity contribution in [2.45, 2.75) is 6.92 Å². The number of esters is 1. The first kappa shape index (κ1) is 12.8. The number of nitrogens with zero attached hydrogens (tertiary/aromatic N) is 1. The Kier molecular flexibility index (Phi) is 4.75. The summed E-state index contributed by atoms with van der Waals surface area (Å²) < 4.78 is 4.75. The molecule has 17 heavy (non-hydrogen) atoms. The molecule has 0 aliphatic heterocycles. The first-order valence-corrected chi connectivity index (χ1v) is 5.10. The Labute approximate surface area is 99.2 Å². The average Bonchev–Trinajstić information content (AvgIpc) is 2.36. The van der Waals surface area contributed by atoms with Crippen LogP contribution in [0.1, 0.15) is 18.1 Å². The minimum absolute atomic E-state index is 0.0472. The van der Waals surface area contributed by atoms with E-state index in [1.807, 2.05) is 0 Å². The highest BCUT2D eigenvalue weighted by Crippen LogP contribution is 2.06. The smallest absolute Gasteiger partial charge is 0.330 e. The van der Waals surface area contributed by atoms with E-state index in [2.05, 4.69) is 5.16 Å². The van der Waals surface area contributed by atoms with Crippen LogP contribution in [0.15, 0.2) is 35.5 Å². The number of nitrogens with two attached hydrogens (primary N) is 1. The van der Waals surface area contributed by atoms with Gasteiger partial charge in [0.1, 0.15) is 0 Å².